The molecule has 1 aliphatic rings. The maximum atomic E-state index is 12.5. The first-order valence-electron chi connectivity index (χ1n) is 7.64. The number of aromatic hydroxyl groups is 1. The third-order valence-corrected chi connectivity index (χ3v) is 4.28. The highest BCUT2D eigenvalue weighted by atomic mass is 16.5. The largest absolute Gasteiger partial charge is 0.504 e. The molecule has 0 aliphatic carbocycles. The van der Waals surface area contributed by atoms with Crippen molar-refractivity contribution < 1.29 is 24.0 Å². The fourth-order valence-corrected chi connectivity index (χ4v) is 3.12. The van der Waals surface area contributed by atoms with E-state index in [-0.39, 0.29) is 11.5 Å². The van der Waals surface area contributed by atoms with E-state index in [1.807, 2.05) is 12.1 Å². The van der Waals surface area contributed by atoms with Crippen LogP contribution >= 0.6 is 0 Å². The molecule has 2 amide bonds. The van der Waals surface area contributed by atoms with E-state index in [4.69, 9.17) is 4.74 Å². The lowest BCUT2D eigenvalue weighted by molar-refractivity contribution is -0.713. The van der Waals surface area contributed by atoms with E-state index in [9.17, 15) is 20.0 Å². The Hall–Kier alpha value is -3.40. The molecule has 3 unspecified atom stereocenters. The van der Waals surface area contributed by atoms with E-state index in [2.05, 4.69) is 5.32 Å². The number of methoxy groups -OCH3 is 1. The highest BCUT2D eigenvalue weighted by Crippen LogP contribution is 2.39. The second-order valence-electron chi connectivity index (χ2n) is 5.68. The molecule has 25 heavy (non-hydrogen) atoms. The lowest BCUT2D eigenvalue weighted by atomic mass is 9.77. The third-order valence-electron chi connectivity index (χ3n) is 4.28. The minimum Gasteiger partial charge on any atom is -0.504 e. The number of hydrogen-bond acceptors (Lipinski definition) is 5. The lowest BCUT2D eigenvalue weighted by Crippen LogP contribution is -2.59. The molecule has 0 bridgehead atoms. The summed E-state index contributed by atoms with van der Waals surface area (Å²) in [4.78, 5) is 24.7. The van der Waals surface area contributed by atoms with Crippen molar-refractivity contribution >= 4 is 11.8 Å². The zero-order valence-corrected chi connectivity index (χ0v) is 13.4. The molecule has 1 saturated heterocycles. The summed E-state index contributed by atoms with van der Waals surface area (Å²) >= 11 is 0. The number of nitriles is 1. The van der Waals surface area contributed by atoms with Gasteiger partial charge in [-0.2, -0.15) is 9.83 Å². The van der Waals surface area contributed by atoms with Crippen LogP contribution in [0.4, 0.5) is 0 Å². The fraction of sp³-hybridized carbons (Fsp3) is 0.222. The number of nitrogens with one attached hydrogen (secondary N) is 1. The summed E-state index contributed by atoms with van der Waals surface area (Å²) in [6.45, 7) is 0. The number of ether oxygens (including phenoxy) is 1. The SMILES string of the molecule is COc1cc(C2C(C#N)C(=O)NC(=O)C2[n+]2ccccc2)ccc1O. The van der Waals surface area contributed by atoms with Gasteiger partial charge in [-0.05, 0) is 17.7 Å². The molecule has 1 fully saturated rings. The number of carbonyl (C=O) groups excluding carboxylic acids is 2. The van der Waals surface area contributed by atoms with Crippen LogP contribution in [0.3, 0.4) is 0 Å². The van der Waals surface area contributed by atoms with Gasteiger partial charge in [0.25, 0.3) is 5.91 Å². The summed E-state index contributed by atoms with van der Waals surface area (Å²) in [5.41, 5.74) is 0.561. The number of benzene rings is 1. The standard InChI is InChI=1S/C18H15N3O4/c1-25-14-9-11(5-6-13(14)22)15-12(10-19)17(23)20-18(24)16(15)21-7-3-2-4-8-21/h2-9,12,15-16H,1H3,(H-,20,22,23,24)/p+1. The van der Waals surface area contributed by atoms with E-state index in [1.165, 1.54) is 13.2 Å². The first kappa shape index (κ1) is 16.5. The first-order valence-corrected chi connectivity index (χ1v) is 7.64. The molecule has 126 valence electrons. The number of phenolic OH excluding ortho intramolecular Hbond substituents is 1. The predicted molar refractivity (Wildman–Crippen MR) is 85.3 cm³/mol. The van der Waals surface area contributed by atoms with Gasteiger partial charge in [0, 0.05) is 12.1 Å². The van der Waals surface area contributed by atoms with Gasteiger partial charge in [0.1, 0.15) is 5.92 Å². The summed E-state index contributed by atoms with van der Waals surface area (Å²) in [6, 6.07) is 11.1. The zero-order valence-electron chi connectivity index (χ0n) is 13.4. The molecule has 2 aromatic rings. The summed E-state index contributed by atoms with van der Waals surface area (Å²) in [7, 11) is 1.41. The van der Waals surface area contributed by atoms with Crippen molar-refractivity contribution in [3.8, 4) is 17.6 Å². The van der Waals surface area contributed by atoms with Crippen LogP contribution in [-0.2, 0) is 9.59 Å². The Morgan fingerprint density at radius 2 is 1.92 bits per heavy atom. The average molecular weight is 338 g/mol. The number of amides is 2. The number of hydrogen-bond donors (Lipinski definition) is 2. The molecule has 0 saturated carbocycles. The Morgan fingerprint density at radius 3 is 2.56 bits per heavy atom. The maximum absolute atomic E-state index is 12.5. The Bertz CT molecular complexity index is 860. The fourth-order valence-electron chi connectivity index (χ4n) is 3.12. The lowest BCUT2D eigenvalue weighted by Gasteiger charge is -2.30. The van der Waals surface area contributed by atoms with Gasteiger partial charge in [-0.1, -0.05) is 12.1 Å². The average Bonchev–Trinajstić information content (AvgIpc) is 2.62. The van der Waals surface area contributed by atoms with Crippen LogP contribution in [-0.4, -0.2) is 24.0 Å². The highest BCUT2D eigenvalue weighted by Gasteiger charge is 2.50. The number of imide groups is 1. The van der Waals surface area contributed by atoms with E-state index in [1.54, 1.807) is 41.2 Å². The van der Waals surface area contributed by atoms with Crippen molar-refractivity contribution in [2.45, 2.75) is 12.0 Å². The second-order valence-corrected chi connectivity index (χ2v) is 5.68. The number of phenols is 1. The second kappa shape index (κ2) is 6.61. The normalized spacial score (nSPS) is 22.8. The number of aromatic nitrogens is 1. The molecule has 1 aliphatic heterocycles. The van der Waals surface area contributed by atoms with Crippen LogP contribution in [0, 0.1) is 17.2 Å². The summed E-state index contributed by atoms with van der Waals surface area (Å²) < 4.78 is 6.78. The van der Waals surface area contributed by atoms with Gasteiger partial charge >= 0.3 is 0 Å². The quantitative estimate of drug-likeness (QED) is 0.637. The van der Waals surface area contributed by atoms with Crippen LogP contribution in [0.5, 0.6) is 11.5 Å². The molecule has 1 aromatic carbocycles. The predicted octanol–water partition coefficient (Wildman–Crippen LogP) is 0.809. The van der Waals surface area contributed by atoms with Gasteiger partial charge < -0.3 is 9.84 Å². The number of nitrogens with zero attached hydrogens (tertiary/aromatic N) is 2. The Balaban J connectivity index is 2.16. The molecule has 3 rings (SSSR count). The van der Waals surface area contributed by atoms with Crippen LogP contribution in [0.2, 0.25) is 0 Å². The van der Waals surface area contributed by atoms with Crippen LogP contribution < -0.4 is 14.6 Å². The van der Waals surface area contributed by atoms with E-state index >= 15 is 0 Å². The van der Waals surface area contributed by atoms with Crippen LogP contribution in [0.1, 0.15) is 17.5 Å². The maximum Gasteiger partial charge on any atom is 0.296 e. The van der Waals surface area contributed by atoms with Gasteiger partial charge in [-0.25, -0.2) is 0 Å². The number of rotatable bonds is 3. The molecule has 2 heterocycles. The number of pyridine rings is 1. The Morgan fingerprint density at radius 1 is 1.20 bits per heavy atom. The molecule has 2 N–H and O–H groups in total. The first-order chi connectivity index (χ1) is 12.1. The molecule has 0 spiro atoms. The smallest absolute Gasteiger partial charge is 0.296 e. The molecule has 3 atom stereocenters. The Kier molecular flexibility index (Phi) is 4.35. The van der Waals surface area contributed by atoms with Gasteiger partial charge in [-0.15, -0.1) is 0 Å². The third kappa shape index (κ3) is 2.90. The van der Waals surface area contributed by atoms with E-state index in [0.29, 0.717) is 5.56 Å². The van der Waals surface area contributed by atoms with Gasteiger partial charge in [-0.3, -0.25) is 14.9 Å². The molecule has 7 heteroatoms. The summed E-state index contributed by atoms with van der Waals surface area (Å²) in [5.74, 6) is -2.72. The highest BCUT2D eigenvalue weighted by molar-refractivity contribution is 6.02. The molecule has 7 nitrogen and oxygen atoms in total. The van der Waals surface area contributed by atoms with Crippen molar-refractivity contribution in [1.29, 1.82) is 5.26 Å². The van der Waals surface area contributed by atoms with Crippen molar-refractivity contribution in [3.63, 3.8) is 0 Å². The number of piperidine rings is 1. The molecule has 1 aromatic heterocycles. The minimum atomic E-state index is -1.05. The molecular weight excluding hydrogens is 322 g/mol. The topological polar surface area (TPSA) is 103 Å². The van der Waals surface area contributed by atoms with Crippen LogP contribution in [0.25, 0.3) is 0 Å². The van der Waals surface area contributed by atoms with Crippen LogP contribution in [0.15, 0.2) is 48.8 Å². The molecule has 0 radical (unpaired) electrons. The molecular formula is C18H16N3O4+. The summed E-state index contributed by atoms with van der Waals surface area (Å²) in [5, 5.41) is 21.6. The van der Waals surface area contributed by atoms with Gasteiger partial charge in [0.15, 0.2) is 23.9 Å². The monoisotopic (exact) mass is 338 g/mol. The summed E-state index contributed by atoms with van der Waals surface area (Å²) in [6.07, 6.45) is 3.41. The van der Waals surface area contributed by atoms with Crippen molar-refractivity contribution in [2.75, 3.05) is 7.11 Å². The van der Waals surface area contributed by atoms with Crippen molar-refractivity contribution in [2.24, 2.45) is 5.92 Å². The van der Waals surface area contributed by atoms with E-state index in [0.717, 1.165) is 0 Å². The zero-order chi connectivity index (χ0) is 18.0. The van der Waals surface area contributed by atoms with Crippen molar-refractivity contribution in [1.82, 2.24) is 5.32 Å². The van der Waals surface area contributed by atoms with Crippen molar-refractivity contribution in [3.05, 3.63) is 54.4 Å². The minimum absolute atomic E-state index is 0.0599. The number of carbonyl (C=O) groups is 2. The van der Waals surface area contributed by atoms with Gasteiger partial charge in [0.2, 0.25) is 11.9 Å². The van der Waals surface area contributed by atoms with Gasteiger partial charge in [0.05, 0.1) is 19.1 Å². The van der Waals surface area contributed by atoms with E-state index < -0.39 is 29.7 Å². The Labute approximate surface area is 144 Å².